The van der Waals surface area contributed by atoms with Crippen LogP contribution in [0.5, 0.6) is 5.75 Å². The van der Waals surface area contributed by atoms with Gasteiger partial charge in [-0.25, -0.2) is 8.42 Å². The first-order valence-electron chi connectivity index (χ1n) is 5.91. The van der Waals surface area contributed by atoms with Crippen LogP contribution in [0.15, 0.2) is 29.2 Å². The molecule has 0 spiro atoms. The van der Waals surface area contributed by atoms with Crippen LogP contribution in [-0.2, 0) is 10.0 Å². The lowest BCUT2D eigenvalue weighted by molar-refractivity contribution is 0.159. The molecule has 1 atom stereocenters. The summed E-state index contributed by atoms with van der Waals surface area (Å²) in [6.07, 6.45) is 0. The van der Waals surface area contributed by atoms with E-state index in [0.29, 0.717) is 19.6 Å². The second-order valence-electron chi connectivity index (χ2n) is 4.66. The summed E-state index contributed by atoms with van der Waals surface area (Å²) in [6, 6.07) is 6.24. The summed E-state index contributed by atoms with van der Waals surface area (Å²) in [5, 5.41) is 9.68. The van der Waals surface area contributed by atoms with Gasteiger partial charge in [0.25, 0.3) is 0 Å². The van der Waals surface area contributed by atoms with E-state index in [1.165, 1.54) is 16.4 Å². The Labute approximate surface area is 108 Å². The van der Waals surface area contributed by atoms with Crippen molar-refractivity contribution in [1.82, 2.24) is 9.21 Å². The van der Waals surface area contributed by atoms with Gasteiger partial charge >= 0.3 is 0 Å². The Kier molecular flexibility index (Phi) is 3.61. The van der Waals surface area contributed by atoms with Crippen LogP contribution >= 0.6 is 0 Å². The van der Waals surface area contributed by atoms with Crippen LogP contribution in [0.25, 0.3) is 0 Å². The summed E-state index contributed by atoms with van der Waals surface area (Å²) in [6.45, 7) is 3.60. The Hall–Kier alpha value is -1.11. The maximum atomic E-state index is 12.4. The Morgan fingerprint density at radius 1 is 1.28 bits per heavy atom. The minimum absolute atomic E-state index is 0.0123. The Morgan fingerprint density at radius 3 is 2.56 bits per heavy atom. The average Bonchev–Trinajstić information content (AvgIpc) is 2.33. The Balaban J connectivity index is 2.30. The molecule has 6 heteroatoms. The molecule has 1 fully saturated rings. The SMILES string of the molecule is CC1CN(S(=O)(=O)c2ccccc2O)CCN1C. The number of para-hydroxylation sites is 1. The van der Waals surface area contributed by atoms with Crippen LogP contribution in [0.3, 0.4) is 0 Å². The van der Waals surface area contributed by atoms with Gasteiger partial charge in [0.15, 0.2) is 0 Å². The first-order valence-corrected chi connectivity index (χ1v) is 7.35. The van der Waals surface area contributed by atoms with E-state index < -0.39 is 10.0 Å². The monoisotopic (exact) mass is 270 g/mol. The fourth-order valence-corrected chi connectivity index (χ4v) is 3.64. The van der Waals surface area contributed by atoms with Crippen molar-refractivity contribution in [3.05, 3.63) is 24.3 Å². The highest BCUT2D eigenvalue weighted by Gasteiger charge is 2.32. The molecule has 0 amide bonds. The third-order valence-electron chi connectivity index (χ3n) is 3.41. The van der Waals surface area contributed by atoms with Crippen LogP contribution in [0, 0.1) is 0 Å². The maximum Gasteiger partial charge on any atom is 0.246 e. The summed E-state index contributed by atoms with van der Waals surface area (Å²) >= 11 is 0. The molecule has 1 aliphatic rings. The van der Waals surface area contributed by atoms with Gasteiger partial charge in [0.05, 0.1) is 0 Å². The van der Waals surface area contributed by atoms with Gasteiger partial charge in [-0.05, 0) is 26.1 Å². The minimum Gasteiger partial charge on any atom is -0.507 e. The zero-order valence-corrected chi connectivity index (χ0v) is 11.4. The third kappa shape index (κ3) is 2.36. The Morgan fingerprint density at radius 2 is 1.94 bits per heavy atom. The zero-order valence-electron chi connectivity index (χ0n) is 10.6. The van der Waals surface area contributed by atoms with Gasteiger partial charge in [0.2, 0.25) is 10.0 Å². The van der Waals surface area contributed by atoms with Crippen molar-refractivity contribution < 1.29 is 13.5 Å². The van der Waals surface area contributed by atoms with E-state index in [1.54, 1.807) is 12.1 Å². The van der Waals surface area contributed by atoms with Gasteiger partial charge in [0.1, 0.15) is 10.6 Å². The molecule has 0 bridgehead atoms. The van der Waals surface area contributed by atoms with E-state index >= 15 is 0 Å². The fourth-order valence-electron chi connectivity index (χ4n) is 2.05. The highest BCUT2D eigenvalue weighted by molar-refractivity contribution is 7.89. The lowest BCUT2D eigenvalue weighted by Gasteiger charge is -2.36. The molecule has 1 N–H and O–H groups in total. The van der Waals surface area contributed by atoms with Crippen LogP contribution in [0.4, 0.5) is 0 Å². The molecule has 2 rings (SSSR count). The quantitative estimate of drug-likeness (QED) is 0.860. The van der Waals surface area contributed by atoms with Crippen molar-refractivity contribution in [3.63, 3.8) is 0 Å². The molecule has 0 radical (unpaired) electrons. The summed E-state index contributed by atoms with van der Waals surface area (Å²) < 4.78 is 26.3. The number of rotatable bonds is 2. The fraction of sp³-hybridized carbons (Fsp3) is 0.500. The van der Waals surface area contributed by atoms with Crippen molar-refractivity contribution >= 4 is 10.0 Å². The molecule has 1 aromatic carbocycles. The van der Waals surface area contributed by atoms with Crippen LogP contribution in [-0.4, -0.2) is 55.5 Å². The van der Waals surface area contributed by atoms with Crippen molar-refractivity contribution in [2.45, 2.75) is 17.9 Å². The predicted molar refractivity (Wildman–Crippen MR) is 69.0 cm³/mol. The smallest absolute Gasteiger partial charge is 0.246 e. The van der Waals surface area contributed by atoms with E-state index in [0.717, 1.165) is 0 Å². The molecule has 1 aromatic rings. The minimum atomic E-state index is -3.59. The van der Waals surface area contributed by atoms with E-state index in [2.05, 4.69) is 4.90 Å². The van der Waals surface area contributed by atoms with E-state index in [1.807, 2.05) is 14.0 Å². The van der Waals surface area contributed by atoms with Crippen molar-refractivity contribution in [3.8, 4) is 5.75 Å². The van der Waals surface area contributed by atoms with Gasteiger partial charge in [-0.15, -0.1) is 0 Å². The summed E-state index contributed by atoms with van der Waals surface area (Å²) in [7, 11) is -1.61. The Bertz CT molecular complexity index is 530. The molecule has 18 heavy (non-hydrogen) atoms. The predicted octanol–water partition coefficient (Wildman–Crippen LogP) is 0.717. The normalized spacial score (nSPS) is 23.1. The number of hydrogen-bond acceptors (Lipinski definition) is 4. The van der Waals surface area contributed by atoms with E-state index in [4.69, 9.17) is 0 Å². The lowest BCUT2D eigenvalue weighted by atomic mass is 10.2. The molecule has 0 saturated carbocycles. The molecule has 0 aliphatic carbocycles. The van der Waals surface area contributed by atoms with Gasteiger partial charge in [-0.2, -0.15) is 4.31 Å². The molecule has 100 valence electrons. The number of aromatic hydroxyl groups is 1. The molecule has 1 unspecified atom stereocenters. The zero-order chi connectivity index (χ0) is 13.3. The van der Waals surface area contributed by atoms with Gasteiger partial charge in [-0.3, -0.25) is 0 Å². The van der Waals surface area contributed by atoms with Gasteiger partial charge < -0.3 is 10.0 Å². The second-order valence-corrected chi connectivity index (χ2v) is 6.57. The number of phenolic OH excluding ortho intramolecular Hbond substituents is 1. The van der Waals surface area contributed by atoms with Crippen LogP contribution in [0.1, 0.15) is 6.92 Å². The van der Waals surface area contributed by atoms with Crippen molar-refractivity contribution in [2.75, 3.05) is 26.7 Å². The van der Waals surface area contributed by atoms with Crippen molar-refractivity contribution in [1.29, 1.82) is 0 Å². The van der Waals surface area contributed by atoms with Crippen molar-refractivity contribution in [2.24, 2.45) is 0 Å². The molecule has 0 aromatic heterocycles. The van der Waals surface area contributed by atoms with Gasteiger partial charge in [0, 0.05) is 25.7 Å². The summed E-state index contributed by atoms with van der Waals surface area (Å²) in [5.41, 5.74) is 0. The molecular weight excluding hydrogens is 252 g/mol. The molecule has 5 nitrogen and oxygen atoms in total. The molecule has 1 saturated heterocycles. The summed E-state index contributed by atoms with van der Waals surface area (Å²) in [4.78, 5) is 2.11. The van der Waals surface area contributed by atoms with Crippen LogP contribution in [0.2, 0.25) is 0 Å². The molecule has 1 heterocycles. The number of benzene rings is 1. The van der Waals surface area contributed by atoms with E-state index in [-0.39, 0.29) is 16.7 Å². The maximum absolute atomic E-state index is 12.4. The number of likely N-dealkylation sites (N-methyl/N-ethyl adjacent to an activating group) is 1. The topological polar surface area (TPSA) is 60.9 Å². The lowest BCUT2D eigenvalue weighted by Crippen LogP contribution is -2.51. The van der Waals surface area contributed by atoms with Gasteiger partial charge in [-0.1, -0.05) is 12.1 Å². The number of piperazine rings is 1. The number of sulfonamides is 1. The number of phenols is 1. The number of hydrogen-bond donors (Lipinski definition) is 1. The standard InChI is InChI=1S/C12H18N2O3S/c1-10-9-14(8-7-13(10)2)18(16,17)12-6-4-3-5-11(12)15/h3-6,10,15H,7-9H2,1-2H3. The first-order chi connectivity index (χ1) is 8.43. The first kappa shape index (κ1) is 13.3. The average molecular weight is 270 g/mol. The highest BCUT2D eigenvalue weighted by atomic mass is 32.2. The van der Waals surface area contributed by atoms with Crippen LogP contribution < -0.4 is 0 Å². The largest absolute Gasteiger partial charge is 0.507 e. The summed E-state index contributed by atoms with van der Waals surface area (Å²) in [5.74, 6) is -0.191. The van der Waals surface area contributed by atoms with E-state index in [9.17, 15) is 13.5 Å². The highest BCUT2D eigenvalue weighted by Crippen LogP contribution is 2.26. The molecule has 1 aliphatic heterocycles. The number of nitrogens with zero attached hydrogens (tertiary/aromatic N) is 2. The second kappa shape index (κ2) is 4.87. The molecular formula is C12H18N2O3S. The third-order valence-corrected chi connectivity index (χ3v) is 5.32.